The third-order valence-electron chi connectivity index (χ3n) is 3.32. The van der Waals surface area contributed by atoms with Crippen molar-refractivity contribution in [3.05, 3.63) is 47.9 Å². The zero-order chi connectivity index (χ0) is 12.6. The number of hydrogen-bond donors (Lipinski definition) is 2. The van der Waals surface area contributed by atoms with Gasteiger partial charge in [-0.05, 0) is 18.9 Å². The summed E-state index contributed by atoms with van der Waals surface area (Å²) in [5.74, 6) is 0.0224. The maximum Gasteiger partial charge on any atom is 0.236 e. The summed E-state index contributed by atoms with van der Waals surface area (Å²) >= 11 is 0. The van der Waals surface area contributed by atoms with Crippen molar-refractivity contribution in [1.29, 1.82) is 0 Å². The predicted octanol–water partition coefficient (Wildman–Crippen LogP) is 2.22. The Morgan fingerprint density at radius 1 is 1.33 bits per heavy atom. The molecule has 0 saturated heterocycles. The fourth-order valence-electron chi connectivity index (χ4n) is 2.16. The van der Waals surface area contributed by atoms with Gasteiger partial charge in [0.05, 0.1) is 11.6 Å². The van der Waals surface area contributed by atoms with E-state index in [4.69, 9.17) is 0 Å². The van der Waals surface area contributed by atoms with Crippen LogP contribution in [0.1, 0.15) is 18.4 Å². The van der Waals surface area contributed by atoms with E-state index in [1.54, 1.807) is 30.5 Å². The number of rotatable bonds is 3. The average Bonchev–Trinajstić information content (AvgIpc) is 3.02. The highest BCUT2D eigenvalue weighted by molar-refractivity contribution is 6.00. The van der Waals surface area contributed by atoms with E-state index in [1.807, 2.05) is 0 Å². The first-order valence-corrected chi connectivity index (χ1v) is 5.78. The molecule has 1 aromatic carbocycles. The lowest BCUT2D eigenvalue weighted by Gasteiger charge is -2.15. The Labute approximate surface area is 103 Å². The van der Waals surface area contributed by atoms with E-state index in [9.17, 15) is 9.18 Å². The molecule has 1 saturated carbocycles. The molecule has 1 aliphatic rings. The van der Waals surface area contributed by atoms with Gasteiger partial charge in [0.2, 0.25) is 5.91 Å². The number of benzene rings is 1. The largest absolute Gasteiger partial charge is 0.310 e. The number of nitrogens with one attached hydrogen (secondary N) is 2. The molecule has 1 fully saturated rings. The van der Waals surface area contributed by atoms with Crippen LogP contribution in [0.4, 0.5) is 10.2 Å². The molecular weight excluding hydrogens is 233 g/mol. The van der Waals surface area contributed by atoms with E-state index in [0.717, 1.165) is 0 Å². The monoisotopic (exact) mass is 245 g/mol. The number of H-pyrrole nitrogens is 1. The summed E-state index contributed by atoms with van der Waals surface area (Å²) in [5.41, 5.74) is -0.238. The maximum absolute atomic E-state index is 13.8. The van der Waals surface area contributed by atoms with Gasteiger partial charge in [-0.2, -0.15) is 5.10 Å². The first kappa shape index (κ1) is 11.0. The van der Waals surface area contributed by atoms with Gasteiger partial charge in [-0.1, -0.05) is 18.2 Å². The van der Waals surface area contributed by atoms with Crippen molar-refractivity contribution in [1.82, 2.24) is 10.2 Å². The maximum atomic E-state index is 13.8. The number of carbonyl (C=O) groups excluding carboxylic acids is 1. The van der Waals surface area contributed by atoms with Crippen LogP contribution < -0.4 is 5.32 Å². The molecule has 92 valence electrons. The van der Waals surface area contributed by atoms with Crippen LogP contribution in [0.3, 0.4) is 0 Å². The second-order valence-corrected chi connectivity index (χ2v) is 4.49. The summed E-state index contributed by atoms with van der Waals surface area (Å²) in [6.07, 6.45) is 2.90. The fraction of sp³-hybridized carbons (Fsp3) is 0.231. The molecule has 3 rings (SSSR count). The highest BCUT2D eigenvalue weighted by Gasteiger charge is 2.52. The summed E-state index contributed by atoms with van der Waals surface area (Å²) in [6, 6.07) is 8.10. The van der Waals surface area contributed by atoms with Crippen LogP contribution in [0.2, 0.25) is 0 Å². The fourth-order valence-corrected chi connectivity index (χ4v) is 2.16. The minimum atomic E-state index is -0.712. The molecule has 18 heavy (non-hydrogen) atoms. The molecule has 4 nitrogen and oxygen atoms in total. The van der Waals surface area contributed by atoms with Crippen LogP contribution in [0.5, 0.6) is 0 Å². The van der Waals surface area contributed by atoms with Gasteiger partial charge >= 0.3 is 0 Å². The van der Waals surface area contributed by atoms with Crippen molar-refractivity contribution in [2.75, 3.05) is 5.32 Å². The Bertz CT molecular complexity index is 576. The topological polar surface area (TPSA) is 57.8 Å². The van der Waals surface area contributed by atoms with Crippen LogP contribution in [0, 0.1) is 5.82 Å². The molecule has 2 aromatic rings. The van der Waals surface area contributed by atoms with Gasteiger partial charge in [0.15, 0.2) is 0 Å². The normalized spacial score (nSPS) is 16.3. The third-order valence-corrected chi connectivity index (χ3v) is 3.32. The van der Waals surface area contributed by atoms with Crippen molar-refractivity contribution >= 4 is 11.7 Å². The lowest BCUT2D eigenvalue weighted by Crippen LogP contribution is -2.28. The third kappa shape index (κ3) is 1.68. The van der Waals surface area contributed by atoms with E-state index in [2.05, 4.69) is 15.5 Å². The second kappa shape index (κ2) is 3.94. The van der Waals surface area contributed by atoms with E-state index >= 15 is 0 Å². The van der Waals surface area contributed by atoms with E-state index in [0.29, 0.717) is 24.2 Å². The summed E-state index contributed by atoms with van der Waals surface area (Å²) < 4.78 is 13.8. The number of hydrogen-bond acceptors (Lipinski definition) is 2. The minimum Gasteiger partial charge on any atom is -0.310 e. The molecule has 0 spiro atoms. The molecule has 0 bridgehead atoms. The molecule has 0 radical (unpaired) electrons. The quantitative estimate of drug-likeness (QED) is 0.871. The summed E-state index contributed by atoms with van der Waals surface area (Å²) in [5, 5.41) is 9.14. The van der Waals surface area contributed by atoms with Gasteiger partial charge in [-0.25, -0.2) is 4.39 Å². The molecule has 1 amide bonds. The number of halogens is 1. The van der Waals surface area contributed by atoms with Crippen molar-refractivity contribution in [2.24, 2.45) is 0 Å². The first-order valence-electron chi connectivity index (χ1n) is 5.78. The Kier molecular flexibility index (Phi) is 2.40. The first-order chi connectivity index (χ1) is 8.72. The van der Waals surface area contributed by atoms with Gasteiger partial charge in [0.1, 0.15) is 11.6 Å². The SMILES string of the molecule is O=C(Nc1ccn[nH]1)C1(c2ccccc2F)CC1. The molecule has 1 heterocycles. The van der Waals surface area contributed by atoms with Crippen molar-refractivity contribution in [3.8, 4) is 0 Å². The Morgan fingerprint density at radius 3 is 2.72 bits per heavy atom. The number of nitrogens with zero attached hydrogens (tertiary/aromatic N) is 1. The van der Waals surface area contributed by atoms with E-state index in [1.165, 1.54) is 6.07 Å². The average molecular weight is 245 g/mol. The lowest BCUT2D eigenvalue weighted by molar-refractivity contribution is -0.118. The van der Waals surface area contributed by atoms with Gasteiger partial charge in [0, 0.05) is 11.6 Å². The number of aromatic amines is 1. The van der Waals surface area contributed by atoms with E-state index in [-0.39, 0.29) is 11.7 Å². The Morgan fingerprint density at radius 2 is 2.11 bits per heavy atom. The van der Waals surface area contributed by atoms with Crippen molar-refractivity contribution in [3.63, 3.8) is 0 Å². The molecule has 5 heteroatoms. The van der Waals surface area contributed by atoms with Crippen molar-refractivity contribution < 1.29 is 9.18 Å². The molecular formula is C13H12FN3O. The standard InChI is InChI=1S/C13H12FN3O/c14-10-4-2-1-3-9(10)13(6-7-13)12(18)16-11-5-8-15-17-11/h1-5,8H,6-7H2,(H2,15,16,17,18). The smallest absolute Gasteiger partial charge is 0.236 e. The predicted molar refractivity (Wildman–Crippen MR) is 64.5 cm³/mol. The minimum absolute atomic E-state index is 0.183. The van der Waals surface area contributed by atoms with E-state index < -0.39 is 5.41 Å². The molecule has 0 unspecified atom stereocenters. The number of carbonyl (C=O) groups is 1. The highest BCUT2D eigenvalue weighted by atomic mass is 19.1. The Hall–Kier alpha value is -2.17. The van der Waals surface area contributed by atoms with Crippen LogP contribution >= 0.6 is 0 Å². The highest BCUT2D eigenvalue weighted by Crippen LogP contribution is 2.49. The van der Waals surface area contributed by atoms with Gasteiger partial charge in [0.25, 0.3) is 0 Å². The zero-order valence-corrected chi connectivity index (χ0v) is 9.61. The number of anilines is 1. The van der Waals surface area contributed by atoms with Crippen molar-refractivity contribution in [2.45, 2.75) is 18.3 Å². The van der Waals surface area contributed by atoms with Crippen LogP contribution in [0.15, 0.2) is 36.5 Å². The second-order valence-electron chi connectivity index (χ2n) is 4.49. The van der Waals surface area contributed by atoms with Crippen LogP contribution in [0.25, 0.3) is 0 Å². The molecule has 1 aromatic heterocycles. The molecule has 0 aliphatic heterocycles. The zero-order valence-electron chi connectivity index (χ0n) is 9.61. The summed E-state index contributed by atoms with van der Waals surface area (Å²) in [4.78, 5) is 12.2. The van der Waals surface area contributed by atoms with Gasteiger partial charge in [-0.15, -0.1) is 0 Å². The van der Waals surface area contributed by atoms with Gasteiger partial charge < -0.3 is 5.32 Å². The molecule has 2 N–H and O–H groups in total. The van der Waals surface area contributed by atoms with Crippen LogP contribution in [-0.4, -0.2) is 16.1 Å². The Balaban J connectivity index is 1.87. The summed E-state index contributed by atoms with van der Waals surface area (Å²) in [6.45, 7) is 0. The molecule has 1 aliphatic carbocycles. The van der Waals surface area contributed by atoms with Gasteiger partial charge in [-0.3, -0.25) is 9.89 Å². The summed E-state index contributed by atoms with van der Waals surface area (Å²) in [7, 11) is 0. The molecule has 0 atom stereocenters. The van der Waals surface area contributed by atoms with Crippen LogP contribution in [-0.2, 0) is 10.2 Å². The number of aromatic nitrogens is 2. The number of amides is 1. The lowest BCUT2D eigenvalue weighted by atomic mass is 9.94.